The van der Waals surface area contributed by atoms with Crippen molar-refractivity contribution >= 4 is 5.91 Å². The molecule has 0 bridgehead atoms. The second kappa shape index (κ2) is 7.88. The first-order chi connectivity index (χ1) is 8.65. The number of aliphatic hydroxyl groups excluding tert-OH is 1. The second-order valence-corrected chi connectivity index (χ2v) is 4.75. The number of nitrogens with one attached hydrogen (secondary N) is 1. The van der Waals surface area contributed by atoms with E-state index in [2.05, 4.69) is 24.4 Å². The van der Waals surface area contributed by atoms with Crippen molar-refractivity contribution in [2.75, 3.05) is 6.61 Å². The summed E-state index contributed by atoms with van der Waals surface area (Å²) < 4.78 is 0. The molecule has 1 amide bonds. The molecule has 0 aliphatic carbocycles. The molecule has 0 fully saturated rings. The zero-order valence-corrected chi connectivity index (χ0v) is 11.3. The number of aryl methyl sites for hydroxylation is 1. The standard InChI is InChI=1S/C15H23NO2/c1-3-4-5-13-6-8-14(9-7-13)10-15(18)16-12(2)11-17/h6-9,12,17H,3-5,10-11H2,1-2H3,(H,16,18)/t12-/m1/s1. The van der Waals surface area contributed by atoms with Crippen LogP contribution >= 0.6 is 0 Å². The van der Waals surface area contributed by atoms with E-state index in [-0.39, 0.29) is 18.6 Å². The predicted octanol–water partition coefficient (Wildman–Crippen LogP) is 2.07. The fourth-order valence-electron chi connectivity index (χ4n) is 1.76. The van der Waals surface area contributed by atoms with Gasteiger partial charge in [-0.05, 0) is 30.9 Å². The maximum Gasteiger partial charge on any atom is 0.224 e. The summed E-state index contributed by atoms with van der Waals surface area (Å²) in [6.45, 7) is 3.94. The molecule has 0 unspecified atom stereocenters. The lowest BCUT2D eigenvalue weighted by atomic mass is 10.0. The number of rotatable bonds is 7. The van der Waals surface area contributed by atoms with Gasteiger partial charge in [-0.15, -0.1) is 0 Å². The van der Waals surface area contributed by atoms with Gasteiger partial charge in [0.1, 0.15) is 0 Å². The Kier molecular flexibility index (Phi) is 6.44. The molecule has 0 saturated carbocycles. The van der Waals surface area contributed by atoms with Crippen molar-refractivity contribution in [1.29, 1.82) is 0 Å². The number of aliphatic hydroxyl groups is 1. The minimum absolute atomic E-state index is 0.0261. The molecule has 1 rings (SSSR count). The van der Waals surface area contributed by atoms with Crippen molar-refractivity contribution in [3.05, 3.63) is 35.4 Å². The van der Waals surface area contributed by atoms with Gasteiger partial charge in [0.2, 0.25) is 5.91 Å². The molecular formula is C15H23NO2. The van der Waals surface area contributed by atoms with Gasteiger partial charge in [-0.25, -0.2) is 0 Å². The molecule has 2 N–H and O–H groups in total. The molecule has 0 aromatic heterocycles. The smallest absolute Gasteiger partial charge is 0.224 e. The van der Waals surface area contributed by atoms with Gasteiger partial charge < -0.3 is 10.4 Å². The maximum atomic E-state index is 11.6. The minimum Gasteiger partial charge on any atom is -0.394 e. The number of unbranched alkanes of at least 4 members (excludes halogenated alkanes) is 1. The number of benzene rings is 1. The van der Waals surface area contributed by atoms with Crippen molar-refractivity contribution < 1.29 is 9.90 Å². The predicted molar refractivity (Wildman–Crippen MR) is 73.4 cm³/mol. The second-order valence-electron chi connectivity index (χ2n) is 4.75. The lowest BCUT2D eigenvalue weighted by Gasteiger charge is -2.10. The van der Waals surface area contributed by atoms with Crippen LogP contribution < -0.4 is 5.32 Å². The quantitative estimate of drug-likeness (QED) is 0.777. The van der Waals surface area contributed by atoms with Crippen LogP contribution in [0.3, 0.4) is 0 Å². The highest BCUT2D eigenvalue weighted by Gasteiger charge is 2.06. The van der Waals surface area contributed by atoms with Gasteiger partial charge in [0, 0.05) is 6.04 Å². The Hall–Kier alpha value is -1.35. The highest BCUT2D eigenvalue weighted by atomic mass is 16.3. The minimum atomic E-state index is -0.179. The van der Waals surface area contributed by atoms with E-state index in [0.717, 1.165) is 12.0 Å². The van der Waals surface area contributed by atoms with E-state index in [9.17, 15) is 4.79 Å². The first-order valence-electron chi connectivity index (χ1n) is 6.63. The monoisotopic (exact) mass is 249 g/mol. The Bertz CT molecular complexity index is 359. The summed E-state index contributed by atoms with van der Waals surface area (Å²) in [5.74, 6) is -0.0436. The molecular weight excluding hydrogens is 226 g/mol. The van der Waals surface area contributed by atoms with Crippen LogP contribution in [-0.2, 0) is 17.6 Å². The SMILES string of the molecule is CCCCc1ccc(CC(=O)N[C@H](C)CO)cc1. The molecule has 0 aliphatic heterocycles. The molecule has 0 saturated heterocycles. The van der Waals surface area contributed by atoms with Crippen molar-refractivity contribution in [2.24, 2.45) is 0 Å². The van der Waals surface area contributed by atoms with Gasteiger partial charge in [-0.3, -0.25) is 4.79 Å². The largest absolute Gasteiger partial charge is 0.394 e. The third kappa shape index (κ3) is 5.32. The van der Waals surface area contributed by atoms with E-state index in [1.54, 1.807) is 6.92 Å². The van der Waals surface area contributed by atoms with E-state index in [0.29, 0.717) is 6.42 Å². The number of amides is 1. The fourth-order valence-corrected chi connectivity index (χ4v) is 1.76. The van der Waals surface area contributed by atoms with Crippen LogP contribution in [0.1, 0.15) is 37.8 Å². The van der Waals surface area contributed by atoms with Gasteiger partial charge in [0.25, 0.3) is 0 Å². The van der Waals surface area contributed by atoms with Gasteiger partial charge >= 0.3 is 0 Å². The van der Waals surface area contributed by atoms with E-state index < -0.39 is 0 Å². The summed E-state index contributed by atoms with van der Waals surface area (Å²) in [6, 6.07) is 8.02. The third-order valence-electron chi connectivity index (χ3n) is 2.89. The number of carbonyl (C=O) groups is 1. The van der Waals surface area contributed by atoms with E-state index in [4.69, 9.17) is 5.11 Å². The lowest BCUT2D eigenvalue weighted by molar-refractivity contribution is -0.121. The molecule has 1 aromatic rings. The summed E-state index contributed by atoms with van der Waals surface area (Å²) in [7, 11) is 0. The molecule has 0 radical (unpaired) electrons. The van der Waals surface area contributed by atoms with Crippen LogP contribution in [0.25, 0.3) is 0 Å². The Morgan fingerprint density at radius 2 is 1.89 bits per heavy atom. The molecule has 3 heteroatoms. The third-order valence-corrected chi connectivity index (χ3v) is 2.89. The van der Waals surface area contributed by atoms with Crippen molar-refractivity contribution in [2.45, 2.75) is 45.6 Å². The van der Waals surface area contributed by atoms with Crippen LogP contribution in [0.2, 0.25) is 0 Å². The average Bonchev–Trinajstić information content (AvgIpc) is 2.37. The Morgan fingerprint density at radius 3 is 2.44 bits per heavy atom. The number of carbonyl (C=O) groups excluding carboxylic acids is 1. The van der Waals surface area contributed by atoms with E-state index in [1.807, 2.05) is 12.1 Å². The lowest BCUT2D eigenvalue weighted by Crippen LogP contribution is -2.35. The molecule has 0 spiro atoms. The summed E-state index contributed by atoms with van der Waals surface area (Å²) in [5.41, 5.74) is 2.34. The Labute approximate surface area is 109 Å². The normalized spacial score (nSPS) is 12.2. The summed E-state index contributed by atoms with van der Waals surface area (Å²) >= 11 is 0. The number of hydrogen-bond acceptors (Lipinski definition) is 2. The van der Waals surface area contributed by atoms with Crippen molar-refractivity contribution in [3.8, 4) is 0 Å². The van der Waals surface area contributed by atoms with Crippen molar-refractivity contribution in [1.82, 2.24) is 5.32 Å². The average molecular weight is 249 g/mol. The maximum absolute atomic E-state index is 11.6. The van der Waals surface area contributed by atoms with Crippen LogP contribution in [0.5, 0.6) is 0 Å². The first-order valence-corrected chi connectivity index (χ1v) is 6.63. The molecule has 100 valence electrons. The highest BCUT2D eigenvalue weighted by molar-refractivity contribution is 5.78. The molecule has 1 aromatic carbocycles. The van der Waals surface area contributed by atoms with Gasteiger partial charge in [0.05, 0.1) is 13.0 Å². The van der Waals surface area contributed by atoms with Gasteiger partial charge in [0.15, 0.2) is 0 Å². The molecule has 18 heavy (non-hydrogen) atoms. The first kappa shape index (κ1) is 14.7. The Morgan fingerprint density at radius 1 is 1.28 bits per heavy atom. The van der Waals surface area contributed by atoms with Crippen LogP contribution in [0, 0.1) is 0 Å². The topological polar surface area (TPSA) is 49.3 Å². The highest BCUT2D eigenvalue weighted by Crippen LogP contribution is 2.08. The number of hydrogen-bond donors (Lipinski definition) is 2. The van der Waals surface area contributed by atoms with Crippen molar-refractivity contribution in [3.63, 3.8) is 0 Å². The zero-order valence-electron chi connectivity index (χ0n) is 11.3. The Balaban J connectivity index is 2.45. The molecule has 0 aliphatic rings. The molecule has 3 nitrogen and oxygen atoms in total. The van der Waals surface area contributed by atoms with Gasteiger partial charge in [-0.1, -0.05) is 37.6 Å². The summed E-state index contributed by atoms with van der Waals surface area (Å²) in [4.78, 5) is 11.6. The van der Waals surface area contributed by atoms with Crippen LogP contribution in [-0.4, -0.2) is 23.7 Å². The fraction of sp³-hybridized carbons (Fsp3) is 0.533. The van der Waals surface area contributed by atoms with Gasteiger partial charge in [-0.2, -0.15) is 0 Å². The molecule has 0 heterocycles. The summed E-state index contributed by atoms with van der Waals surface area (Å²) in [6.07, 6.45) is 3.87. The zero-order chi connectivity index (χ0) is 13.4. The van der Waals surface area contributed by atoms with E-state index in [1.165, 1.54) is 18.4 Å². The van der Waals surface area contributed by atoms with Crippen LogP contribution in [0.4, 0.5) is 0 Å². The summed E-state index contributed by atoms with van der Waals surface area (Å²) in [5, 5.41) is 11.6. The van der Waals surface area contributed by atoms with Crippen LogP contribution in [0.15, 0.2) is 24.3 Å². The van der Waals surface area contributed by atoms with E-state index >= 15 is 0 Å². The molecule has 1 atom stereocenters.